The number of amides is 1. The maximum Gasteiger partial charge on any atom is 0.410 e. The molecule has 0 radical (unpaired) electrons. The topological polar surface area (TPSA) is 65.8 Å². The molecule has 1 saturated heterocycles. The molecule has 9 heteroatoms. The van der Waals surface area contributed by atoms with Gasteiger partial charge in [-0.25, -0.2) is 18.6 Å². The van der Waals surface area contributed by atoms with E-state index in [1.54, 1.807) is 34.8 Å². The van der Waals surface area contributed by atoms with Crippen LogP contribution in [-0.2, 0) is 11.3 Å². The van der Waals surface area contributed by atoms with E-state index in [0.717, 1.165) is 18.4 Å². The van der Waals surface area contributed by atoms with E-state index in [1.165, 1.54) is 7.11 Å². The van der Waals surface area contributed by atoms with Crippen molar-refractivity contribution in [2.24, 2.45) is 0 Å². The van der Waals surface area contributed by atoms with Gasteiger partial charge in [0.15, 0.2) is 11.5 Å². The van der Waals surface area contributed by atoms with Crippen LogP contribution in [0, 0.1) is 0 Å². The number of aromatic nitrogens is 2. The first-order valence-corrected chi connectivity index (χ1v) is 12.1. The van der Waals surface area contributed by atoms with Crippen LogP contribution < -0.4 is 9.47 Å². The molecular weight excluding hydrogens is 468 g/mol. The molecule has 0 atom stereocenters. The smallest absolute Gasteiger partial charge is 0.410 e. The number of hydrogen-bond donors (Lipinski definition) is 0. The molecular formula is C27H33F2N3O4. The van der Waals surface area contributed by atoms with Crippen molar-refractivity contribution in [2.45, 2.75) is 58.1 Å². The van der Waals surface area contributed by atoms with Crippen molar-refractivity contribution >= 4 is 17.1 Å². The lowest BCUT2D eigenvalue weighted by Crippen LogP contribution is -2.41. The number of nitrogens with zero attached hydrogens (tertiary/aromatic N) is 3. The Labute approximate surface area is 210 Å². The molecule has 1 aliphatic heterocycles. The van der Waals surface area contributed by atoms with Crippen molar-refractivity contribution in [2.75, 3.05) is 27.3 Å². The number of carbonyl (C=O) groups is 1. The van der Waals surface area contributed by atoms with E-state index in [1.807, 2.05) is 39.0 Å². The quantitative estimate of drug-likeness (QED) is 0.408. The number of likely N-dealkylation sites (tertiary alicyclic amines) is 1. The zero-order valence-electron chi connectivity index (χ0n) is 21.4. The number of piperidine rings is 1. The van der Waals surface area contributed by atoms with Gasteiger partial charge >= 0.3 is 6.09 Å². The maximum atomic E-state index is 13.6. The third-order valence-corrected chi connectivity index (χ3v) is 6.35. The normalized spacial score (nSPS) is 14.9. The molecule has 4 rings (SSSR count). The van der Waals surface area contributed by atoms with Crippen LogP contribution in [0.3, 0.4) is 0 Å². The van der Waals surface area contributed by atoms with Crippen LogP contribution in [0.2, 0.25) is 0 Å². The number of halogens is 2. The fourth-order valence-electron chi connectivity index (χ4n) is 4.63. The van der Waals surface area contributed by atoms with Gasteiger partial charge in [0.2, 0.25) is 0 Å². The first-order chi connectivity index (χ1) is 17.1. The predicted molar refractivity (Wildman–Crippen MR) is 134 cm³/mol. The minimum atomic E-state index is -2.54. The lowest BCUT2D eigenvalue weighted by Gasteiger charge is -2.33. The van der Waals surface area contributed by atoms with Gasteiger partial charge in [-0.1, -0.05) is 6.07 Å². The number of benzene rings is 2. The van der Waals surface area contributed by atoms with E-state index in [4.69, 9.17) is 14.2 Å². The first kappa shape index (κ1) is 25.7. The lowest BCUT2D eigenvalue weighted by atomic mass is 9.89. The average Bonchev–Trinajstić information content (AvgIpc) is 3.19. The molecule has 1 amide bonds. The number of imidazole rings is 1. The van der Waals surface area contributed by atoms with E-state index in [2.05, 4.69) is 4.98 Å². The Morgan fingerprint density at radius 1 is 1.06 bits per heavy atom. The molecule has 2 aromatic carbocycles. The van der Waals surface area contributed by atoms with Crippen molar-refractivity contribution in [3.05, 3.63) is 42.0 Å². The molecule has 0 aliphatic carbocycles. The third-order valence-electron chi connectivity index (χ3n) is 6.35. The highest BCUT2D eigenvalue weighted by Gasteiger charge is 2.28. The Bertz CT molecular complexity index is 1230. The molecule has 0 N–H and O–H groups in total. The molecule has 7 nitrogen and oxygen atoms in total. The molecule has 194 valence electrons. The molecule has 36 heavy (non-hydrogen) atoms. The fraction of sp³-hybridized carbons (Fsp3) is 0.481. The van der Waals surface area contributed by atoms with Crippen molar-refractivity contribution in [1.82, 2.24) is 14.5 Å². The van der Waals surface area contributed by atoms with Gasteiger partial charge in [-0.05, 0) is 75.4 Å². The lowest BCUT2D eigenvalue weighted by molar-refractivity contribution is 0.0205. The van der Waals surface area contributed by atoms with Crippen LogP contribution in [0.5, 0.6) is 11.5 Å². The summed E-state index contributed by atoms with van der Waals surface area (Å²) >= 11 is 0. The molecule has 0 saturated carbocycles. The molecule has 3 aromatic rings. The average molecular weight is 502 g/mol. The van der Waals surface area contributed by atoms with E-state index >= 15 is 0 Å². The standard InChI is InChI=1S/C27H33F2N3O4/c1-27(2,3)36-26(33)31-12-10-17(11-13-31)18-6-8-20-21(14-18)32(16-24(28)29)25(30-20)19-7-9-22(34-4)23(15-19)35-5/h6-9,14-15,17,24H,10-13,16H2,1-5H3. The maximum absolute atomic E-state index is 13.6. The highest BCUT2D eigenvalue weighted by atomic mass is 19.3. The van der Waals surface area contributed by atoms with Crippen LogP contribution in [0.15, 0.2) is 36.4 Å². The van der Waals surface area contributed by atoms with Gasteiger partial charge in [-0.3, -0.25) is 0 Å². The third kappa shape index (κ3) is 5.55. The number of ether oxygens (including phenoxy) is 3. The summed E-state index contributed by atoms with van der Waals surface area (Å²) in [5.41, 5.74) is 2.49. The summed E-state index contributed by atoms with van der Waals surface area (Å²) in [6.07, 6.45) is -1.29. The number of hydrogen-bond acceptors (Lipinski definition) is 5. The predicted octanol–water partition coefficient (Wildman–Crippen LogP) is 6.10. The summed E-state index contributed by atoms with van der Waals surface area (Å²) in [4.78, 5) is 18.8. The second-order valence-electron chi connectivity index (χ2n) is 10.00. The molecule has 1 aromatic heterocycles. The van der Waals surface area contributed by atoms with Gasteiger partial charge in [-0.2, -0.15) is 0 Å². The summed E-state index contributed by atoms with van der Waals surface area (Å²) < 4.78 is 45.0. The minimum Gasteiger partial charge on any atom is -0.493 e. The van der Waals surface area contributed by atoms with E-state index in [-0.39, 0.29) is 12.0 Å². The van der Waals surface area contributed by atoms with Gasteiger partial charge in [-0.15, -0.1) is 0 Å². The summed E-state index contributed by atoms with van der Waals surface area (Å²) in [5, 5.41) is 0. The Balaban J connectivity index is 1.63. The van der Waals surface area contributed by atoms with E-state index < -0.39 is 18.6 Å². The number of alkyl halides is 2. The van der Waals surface area contributed by atoms with Gasteiger partial charge in [0.1, 0.15) is 11.4 Å². The largest absolute Gasteiger partial charge is 0.493 e. The molecule has 0 spiro atoms. The highest BCUT2D eigenvalue weighted by Crippen LogP contribution is 2.36. The second-order valence-corrected chi connectivity index (χ2v) is 10.00. The Kier molecular flexibility index (Phi) is 7.38. The van der Waals surface area contributed by atoms with Crippen LogP contribution in [-0.4, -0.2) is 59.9 Å². The van der Waals surface area contributed by atoms with Crippen LogP contribution in [0.4, 0.5) is 13.6 Å². The van der Waals surface area contributed by atoms with Crippen LogP contribution >= 0.6 is 0 Å². The zero-order valence-corrected chi connectivity index (χ0v) is 21.4. The van der Waals surface area contributed by atoms with Gasteiger partial charge in [0, 0.05) is 18.7 Å². The van der Waals surface area contributed by atoms with Crippen LogP contribution in [0.25, 0.3) is 22.4 Å². The Hall–Kier alpha value is -3.36. The van der Waals surface area contributed by atoms with Crippen molar-refractivity contribution in [1.29, 1.82) is 0 Å². The molecule has 1 aliphatic rings. The number of carbonyl (C=O) groups excluding carboxylic acids is 1. The molecule has 0 unspecified atom stereocenters. The second kappa shape index (κ2) is 10.3. The van der Waals surface area contributed by atoms with Gasteiger partial charge in [0.25, 0.3) is 6.43 Å². The number of fused-ring (bicyclic) bond motifs is 1. The van der Waals surface area contributed by atoms with Gasteiger partial charge < -0.3 is 23.7 Å². The number of methoxy groups -OCH3 is 2. The molecule has 1 fully saturated rings. The van der Waals surface area contributed by atoms with E-state index in [9.17, 15) is 13.6 Å². The zero-order chi connectivity index (χ0) is 26.0. The molecule has 0 bridgehead atoms. The van der Waals surface area contributed by atoms with Crippen molar-refractivity contribution < 1.29 is 27.8 Å². The highest BCUT2D eigenvalue weighted by molar-refractivity contribution is 5.82. The minimum absolute atomic E-state index is 0.215. The van der Waals surface area contributed by atoms with Crippen molar-refractivity contribution in [3.8, 4) is 22.9 Å². The summed E-state index contributed by atoms with van der Waals surface area (Å²) in [5.74, 6) is 1.72. The SMILES string of the molecule is COc1ccc(-c2nc3ccc(C4CCN(C(=O)OC(C)(C)C)CC4)cc3n2CC(F)F)cc1OC. The van der Waals surface area contributed by atoms with Crippen LogP contribution in [0.1, 0.15) is 45.1 Å². The monoisotopic (exact) mass is 501 g/mol. The Morgan fingerprint density at radius 3 is 2.36 bits per heavy atom. The fourth-order valence-corrected chi connectivity index (χ4v) is 4.63. The van der Waals surface area contributed by atoms with E-state index in [0.29, 0.717) is 47.0 Å². The summed E-state index contributed by atoms with van der Waals surface area (Å²) in [6, 6.07) is 11.1. The number of rotatable bonds is 6. The van der Waals surface area contributed by atoms with Gasteiger partial charge in [0.05, 0.1) is 31.8 Å². The molecule has 2 heterocycles. The summed E-state index contributed by atoms with van der Waals surface area (Å²) in [6.45, 7) is 6.26. The summed E-state index contributed by atoms with van der Waals surface area (Å²) in [7, 11) is 3.08. The van der Waals surface area contributed by atoms with Crippen molar-refractivity contribution in [3.63, 3.8) is 0 Å². The first-order valence-electron chi connectivity index (χ1n) is 12.1. The Morgan fingerprint density at radius 2 is 1.75 bits per heavy atom.